The Morgan fingerprint density at radius 3 is 2.55 bits per heavy atom. The fraction of sp³-hybridized carbons (Fsp3) is 0.125. The molecule has 0 aliphatic carbocycles. The molecule has 0 N–H and O–H groups in total. The number of ether oxygens (including phenoxy) is 1. The first-order chi connectivity index (χ1) is 4.93. The number of rotatable bonds is 3. The minimum atomic E-state index is 0. The number of carbonyl (C=O) groups is 1. The third-order valence-corrected chi connectivity index (χ3v) is 1.16. The van der Waals surface area contributed by atoms with Gasteiger partial charge in [0, 0.05) is 0 Å². The van der Waals surface area contributed by atoms with Gasteiger partial charge in [-0.3, -0.25) is 4.79 Å². The maximum absolute atomic E-state index is 9.76. The van der Waals surface area contributed by atoms with E-state index >= 15 is 0 Å². The molecule has 0 fully saturated rings. The van der Waals surface area contributed by atoms with Crippen LogP contribution in [0.25, 0.3) is 0 Å². The van der Waals surface area contributed by atoms with Gasteiger partial charge in [0.05, 0.1) is 0 Å². The Balaban J connectivity index is -0.000000333. The van der Waals surface area contributed by atoms with Gasteiger partial charge in [-0.15, -0.1) is 0 Å². The van der Waals surface area contributed by atoms with Crippen molar-refractivity contribution in [2.75, 3.05) is 0 Å². The summed E-state index contributed by atoms with van der Waals surface area (Å²) in [6.45, 7) is 0.817. The van der Waals surface area contributed by atoms with Gasteiger partial charge in [-0.05, 0) is 5.56 Å². The van der Waals surface area contributed by atoms with E-state index < -0.39 is 0 Å². The summed E-state index contributed by atoms with van der Waals surface area (Å²) in [4.78, 5) is 9.76. The van der Waals surface area contributed by atoms with Crippen molar-refractivity contribution in [1.29, 1.82) is 0 Å². The van der Waals surface area contributed by atoms with Crippen LogP contribution in [-0.4, -0.2) is 29.5 Å². The Bertz CT molecular complexity index is 207. The van der Waals surface area contributed by atoms with Crippen molar-refractivity contribution in [2.45, 2.75) is 6.61 Å². The van der Waals surface area contributed by atoms with E-state index in [0.29, 0.717) is 13.1 Å². The third kappa shape index (κ3) is 4.01. The Kier molecular flexibility index (Phi) is 5.88. The minimum absolute atomic E-state index is 0. The first kappa shape index (κ1) is 10.5. The normalized spacial score (nSPS) is 8.00. The quantitative estimate of drug-likeness (QED) is 0.493. The van der Waals surface area contributed by atoms with Crippen molar-refractivity contribution >= 4 is 29.5 Å². The molecule has 56 valence electrons. The van der Waals surface area contributed by atoms with E-state index in [2.05, 4.69) is 4.74 Å². The molecular formula is C8H10MgO2. The van der Waals surface area contributed by atoms with Crippen LogP contribution in [0.15, 0.2) is 30.3 Å². The van der Waals surface area contributed by atoms with E-state index in [1.165, 1.54) is 0 Å². The number of hydrogen-bond donors (Lipinski definition) is 0. The van der Waals surface area contributed by atoms with Crippen LogP contribution >= 0.6 is 0 Å². The summed E-state index contributed by atoms with van der Waals surface area (Å²) in [5.41, 5.74) is 1.01. The number of carbonyl (C=O) groups excluding carboxylic acids is 1. The molecule has 0 unspecified atom stereocenters. The van der Waals surface area contributed by atoms with Crippen molar-refractivity contribution in [3.05, 3.63) is 35.9 Å². The standard InChI is InChI=1S/C8H8O2.Mg.2H/c9-7-10-6-8-4-2-1-3-5-8;;;/h1-5,7H,6H2;;;/q;+2;2*-1. The molecule has 0 aliphatic rings. The predicted octanol–water partition coefficient (Wildman–Crippen LogP) is 1.20. The zero-order chi connectivity index (χ0) is 7.23. The first-order valence-electron chi connectivity index (χ1n) is 3.02. The van der Waals surface area contributed by atoms with E-state index in [-0.39, 0.29) is 25.9 Å². The van der Waals surface area contributed by atoms with Gasteiger partial charge in [0.1, 0.15) is 6.61 Å². The molecule has 0 aromatic heterocycles. The zero-order valence-electron chi connectivity index (χ0n) is 8.19. The Labute approximate surface area is 84.7 Å². The molecule has 0 heterocycles. The smallest absolute Gasteiger partial charge is 1.00 e. The van der Waals surface area contributed by atoms with Crippen LogP contribution in [0.2, 0.25) is 0 Å². The second-order valence-corrected chi connectivity index (χ2v) is 1.89. The van der Waals surface area contributed by atoms with E-state index in [4.69, 9.17) is 0 Å². The van der Waals surface area contributed by atoms with Crippen LogP contribution in [0.1, 0.15) is 8.42 Å². The van der Waals surface area contributed by atoms with Gasteiger partial charge in [0.15, 0.2) is 0 Å². The summed E-state index contributed by atoms with van der Waals surface area (Å²) in [5, 5.41) is 0. The monoisotopic (exact) mass is 162 g/mol. The van der Waals surface area contributed by atoms with Crippen molar-refractivity contribution in [3.8, 4) is 0 Å². The van der Waals surface area contributed by atoms with Crippen molar-refractivity contribution in [1.82, 2.24) is 0 Å². The van der Waals surface area contributed by atoms with Crippen LogP contribution in [0.4, 0.5) is 0 Å². The van der Waals surface area contributed by atoms with Gasteiger partial charge in [-0.1, -0.05) is 30.3 Å². The van der Waals surface area contributed by atoms with E-state index in [1.807, 2.05) is 30.3 Å². The average Bonchev–Trinajstić information content (AvgIpc) is 2.03. The van der Waals surface area contributed by atoms with Gasteiger partial charge >= 0.3 is 23.1 Å². The fourth-order valence-corrected chi connectivity index (χ4v) is 0.704. The molecule has 0 spiro atoms. The molecule has 0 atom stereocenters. The largest absolute Gasteiger partial charge is 2.00 e. The summed E-state index contributed by atoms with van der Waals surface area (Å²) in [7, 11) is 0. The second-order valence-electron chi connectivity index (χ2n) is 1.89. The molecule has 2 nitrogen and oxygen atoms in total. The molecule has 3 heteroatoms. The summed E-state index contributed by atoms with van der Waals surface area (Å²) < 4.78 is 4.54. The number of hydrogen-bond acceptors (Lipinski definition) is 2. The molecular weight excluding hydrogens is 152 g/mol. The SMILES string of the molecule is O=COCc1ccccc1.[H-].[H-].[Mg+2]. The topological polar surface area (TPSA) is 26.3 Å². The summed E-state index contributed by atoms with van der Waals surface area (Å²) in [5.74, 6) is 0. The molecule has 0 amide bonds. The van der Waals surface area contributed by atoms with Crippen LogP contribution in [0, 0.1) is 0 Å². The molecule has 0 aliphatic heterocycles. The maximum atomic E-state index is 9.76. The minimum Gasteiger partial charge on any atom is -1.00 e. The van der Waals surface area contributed by atoms with Crippen LogP contribution in [0.3, 0.4) is 0 Å². The van der Waals surface area contributed by atoms with E-state index in [1.54, 1.807) is 0 Å². The zero-order valence-corrected chi connectivity index (χ0v) is 7.61. The molecule has 11 heavy (non-hydrogen) atoms. The predicted molar refractivity (Wildman–Crippen MR) is 45.3 cm³/mol. The maximum Gasteiger partial charge on any atom is 2.00 e. The Morgan fingerprint density at radius 1 is 1.36 bits per heavy atom. The van der Waals surface area contributed by atoms with Gasteiger partial charge in [-0.2, -0.15) is 0 Å². The molecule has 0 saturated carbocycles. The molecule has 0 radical (unpaired) electrons. The Hall–Kier alpha value is -0.544. The van der Waals surface area contributed by atoms with Gasteiger partial charge < -0.3 is 7.59 Å². The fourth-order valence-electron chi connectivity index (χ4n) is 0.704. The second kappa shape index (κ2) is 6.18. The van der Waals surface area contributed by atoms with Crippen molar-refractivity contribution in [2.24, 2.45) is 0 Å². The Morgan fingerprint density at radius 2 is 2.00 bits per heavy atom. The van der Waals surface area contributed by atoms with Crippen LogP contribution in [0.5, 0.6) is 0 Å². The van der Waals surface area contributed by atoms with Gasteiger partial charge in [0.25, 0.3) is 6.47 Å². The van der Waals surface area contributed by atoms with Crippen molar-refractivity contribution in [3.63, 3.8) is 0 Å². The summed E-state index contributed by atoms with van der Waals surface area (Å²) in [6, 6.07) is 9.55. The molecule has 0 saturated heterocycles. The van der Waals surface area contributed by atoms with Crippen molar-refractivity contribution < 1.29 is 12.4 Å². The van der Waals surface area contributed by atoms with Gasteiger partial charge in [0.2, 0.25) is 0 Å². The van der Waals surface area contributed by atoms with Crippen LogP contribution < -0.4 is 0 Å². The number of benzene rings is 1. The molecule has 1 aromatic rings. The van der Waals surface area contributed by atoms with E-state index in [0.717, 1.165) is 5.56 Å². The average molecular weight is 162 g/mol. The molecule has 0 bridgehead atoms. The molecule has 1 rings (SSSR count). The summed E-state index contributed by atoms with van der Waals surface area (Å²) >= 11 is 0. The summed E-state index contributed by atoms with van der Waals surface area (Å²) in [6.07, 6.45) is 0. The van der Waals surface area contributed by atoms with Crippen LogP contribution in [-0.2, 0) is 16.1 Å². The van der Waals surface area contributed by atoms with E-state index in [9.17, 15) is 4.79 Å². The molecule has 1 aromatic carbocycles. The first-order valence-corrected chi connectivity index (χ1v) is 3.02. The third-order valence-electron chi connectivity index (χ3n) is 1.16. The van der Waals surface area contributed by atoms with Gasteiger partial charge in [-0.25, -0.2) is 0 Å².